The Labute approximate surface area is 139 Å². The molecule has 1 saturated heterocycles. The van der Waals surface area contributed by atoms with Crippen LogP contribution in [0.15, 0.2) is 42.7 Å². The molecule has 0 aliphatic carbocycles. The van der Waals surface area contributed by atoms with E-state index in [-0.39, 0.29) is 6.10 Å². The molecule has 0 amide bonds. The summed E-state index contributed by atoms with van der Waals surface area (Å²) in [6, 6.07) is 9.68. The second kappa shape index (κ2) is 5.83. The lowest BCUT2D eigenvalue weighted by molar-refractivity contribution is 0.154. The smallest absolute Gasteiger partial charge is 0.154 e. The van der Waals surface area contributed by atoms with Crippen LogP contribution in [0, 0.1) is 0 Å². The molecule has 5 nitrogen and oxygen atoms in total. The largest absolute Gasteiger partial charge is 0.391 e. The lowest BCUT2D eigenvalue weighted by atomic mass is 10.1. The zero-order chi connectivity index (χ0) is 15.8. The summed E-state index contributed by atoms with van der Waals surface area (Å²) in [6.07, 6.45) is 5.14. The molecule has 1 aliphatic heterocycles. The van der Waals surface area contributed by atoms with E-state index in [9.17, 15) is 5.11 Å². The Morgan fingerprint density at radius 3 is 2.83 bits per heavy atom. The maximum absolute atomic E-state index is 9.92. The highest BCUT2D eigenvalue weighted by Crippen LogP contribution is 2.27. The van der Waals surface area contributed by atoms with Crippen molar-refractivity contribution in [3.05, 3.63) is 47.7 Å². The van der Waals surface area contributed by atoms with Crippen molar-refractivity contribution in [1.29, 1.82) is 0 Å². The van der Waals surface area contributed by atoms with Crippen molar-refractivity contribution in [2.75, 3.05) is 18.0 Å². The molecular formula is C17H17ClN4O. The highest BCUT2D eigenvalue weighted by Gasteiger charge is 2.21. The molecule has 118 valence electrons. The van der Waals surface area contributed by atoms with Gasteiger partial charge in [0.1, 0.15) is 5.52 Å². The van der Waals surface area contributed by atoms with Crippen LogP contribution >= 0.6 is 11.6 Å². The van der Waals surface area contributed by atoms with Gasteiger partial charge in [0, 0.05) is 36.1 Å². The zero-order valence-corrected chi connectivity index (χ0v) is 13.3. The number of nitrogens with zero attached hydrogens (tertiary/aromatic N) is 4. The Morgan fingerprint density at radius 1 is 1.22 bits per heavy atom. The molecule has 0 spiro atoms. The minimum atomic E-state index is -0.288. The van der Waals surface area contributed by atoms with Crippen LogP contribution in [0.3, 0.4) is 0 Å². The van der Waals surface area contributed by atoms with E-state index in [1.54, 1.807) is 6.20 Å². The van der Waals surface area contributed by atoms with E-state index in [0.29, 0.717) is 11.6 Å². The van der Waals surface area contributed by atoms with E-state index >= 15 is 0 Å². The first-order valence-electron chi connectivity index (χ1n) is 7.74. The molecule has 1 aromatic carbocycles. The van der Waals surface area contributed by atoms with E-state index in [1.807, 2.05) is 41.0 Å². The molecule has 0 radical (unpaired) electrons. The predicted molar refractivity (Wildman–Crippen MR) is 90.9 cm³/mol. The summed E-state index contributed by atoms with van der Waals surface area (Å²) in [4.78, 5) is 6.65. The number of benzene rings is 1. The Hall–Kier alpha value is -2.11. The molecule has 6 heteroatoms. The van der Waals surface area contributed by atoms with Gasteiger partial charge in [-0.05, 0) is 31.0 Å². The summed E-state index contributed by atoms with van der Waals surface area (Å²) >= 11 is 5.95. The van der Waals surface area contributed by atoms with Crippen LogP contribution in [0.5, 0.6) is 0 Å². The van der Waals surface area contributed by atoms with Crippen LogP contribution in [-0.4, -0.2) is 38.9 Å². The van der Waals surface area contributed by atoms with Crippen LogP contribution in [-0.2, 0) is 0 Å². The monoisotopic (exact) mass is 328 g/mol. The Morgan fingerprint density at radius 2 is 2.04 bits per heavy atom. The van der Waals surface area contributed by atoms with Crippen LogP contribution in [0.2, 0.25) is 5.02 Å². The summed E-state index contributed by atoms with van der Waals surface area (Å²) in [5, 5.41) is 15.3. The van der Waals surface area contributed by atoms with Gasteiger partial charge in [0.2, 0.25) is 0 Å². The van der Waals surface area contributed by atoms with Gasteiger partial charge in [-0.3, -0.25) is 0 Å². The Kier molecular flexibility index (Phi) is 3.67. The lowest BCUT2D eigenvalue weighted by Gasteiger charge is -2.31. The number of hydrogen-bond acceptors (Lipinski definition) is 4. The second-order valence-electron chi connectivity index (χ2n) is 5.86. The molecule has 3 aromatic rings. The minimum absolute atomic E-state index is 0.288. The fourth-order valence-electron chi connectivity index (χ4n) is 3.06. The molecule has 0 bridgehead atoms. The maximum Gasteiger partial charge on any atom is 0.154 e. The van der Waals surface area contributed by atoms with Crippen LogP contribution < -0.4 is 4.90 Å². The number of fused-ring (bicyclic) bond motifs is 1. The van der Waals surface area contributed by atoms with Crippen molar-refractivity contribution in [2.24, 2.45) is 0 Å². The molecule has 3 heterocycles. The zero-order valence-electron chi connectivity index (χ0n) is 12.6. The molecule has 1 N–H and O–H groups in total. The van der Waals surface area contributed by atoms with Gasteiger partial charge < -0.3 is 10.0 Å². The number of piperidine rings is 1. The van der Waals surface area contributed by atoms with Gasteiger partial charge >= 0.3 is 0 Å². The standard InChI is InChI=1S/C17H17ClN4O/c18-13-5-3-12(4-6-13)15-10-16-17(19-7-9-22(16)20-15)21-8-1-2-14(23)11-21/h3-7,9-10,14,23H,1-2,8,11H2. The van der Waals surface area contributed by atoms with Gasteiger partial charge in [0.15, 0.2) is 5.82 Å². The number of aliphatic hydroxyl groups is 1. The van der Waals surface area contributed by atoms with Crippen molar-refractivity contribution in [1.82, 2.24) is 14.6 Å². The van der Waals surface area contributed by atoms with Gasteiger partial charge in [-0.1, -0.05) is 23.7 Å². The Balaban J connectivity index is 1.76. The van der Waals surface area contributed by atoms with E-state index < -0.39 is 0 Å². The van der Waals surface area contributed by atoms with Gasteiger partial charge in [0.05, 0.1) is 11.8 Å². The quantitative estimate of drug-likeness (QED) is 0.785. The molecule has 23 heavy (non-hydrogen) atoms. The third-order valence-corrected chi connectivity index (χ3v) is 4.46. The SMILES string of the molecule is OC1CCCN(c2nccn3nc(-c4ccc(Cl)cc4)cc23)C1. The number of aliphatic hydroxyl groups excluding tert-OH is 1. The van der Waals surface area contributed by atoms with Crippen LogP contribution in [0.25, 0.3) is 16.8 Å². The van der Waals surface area contributed by atoms with Crippen molar-refractivity contribution in [2.45, 2.75) is 18.9 Å². The topological polar surface area (TPSA) is 53.7 Å². The number of rotatable bonds is 2. The van der Waals surface area contributed by atoms with Crippen molar-refractivity contribution >= 4 is 22.9 Å². The van der Waals surface area contributed by atoms with Crippen molar-refractivity contribution in [3.63, 3.8) is 0 Å². The summed E-state index contributed by atoms with van der Waals surface area (Å²) in [6.45, 7) is 1.53. The summed E-state index contributed by atoms with van der Waals surface area (Å²) in [5.74, 6) is 0.874. The highest BCUT2D eigenvalue weighted by atomic mass is 35.5. The van der Waals surface area contributed by atoms with Crippen molar-refractivity contribution < 1.29 is 5.11 Å². The first-order valence-corrected chi connectivity index (χ1v) is 8.12. The van der Waals surface area contributed by atoms with E-state index in [0.717, 1.165) is 42.0 Å². The fourth-order valence-corrected chi connectivity index (χ4v) is 3.19. The number of hydrogen-bond donors (Lipinski definition) is 1. The molecular weight excluding hydrogens is 312 g/mol. The molecule has 4 rings (SSSR count). The summed E-state index contributed by atoms with van der Waals surface area (Å²) in [7, 11) is 0. The second-order valence-corrected chi connectivity index (χ2v) is 6.30. The highest BCUT2D eigenvalue weighted by molar-refractivity contribution is 6.30. The Bertz CT molecular complexity index is 830. The van der Waals surface area contributed by atoms with Crippen molar-refractivity contribution in [3.8, 4) is 11.3 Å². The first-order chi connectivity index (χ1) is 11.2. The lowest BCUT2D eigenvalue weighted by Crippen LogP contribution is -2.38. The number of aromatic nitrogens is 3. The molecule has 1 fully saturated rings. The number of halogens is 1. The van der Waals surface area contributed by atoms with E-state index in [1.165, 1.54) is 0 Å². The third-order valence-electron chi connectivity index (χ3n) is 4.21. The molecule has 1 unspecified atom stereocenters. The van der Waals surface area contributed by atoms with E-state index in [4.69, 9.17) is 11.6 Å². The van der Waals surface area contributed by atoms with Crippen LogP contribution in [0.4, 0.5) is 5.82 Å². The predicted octanol–water partition coefficient (Wildman–Crippen LogP) is 3.01. The third kappa shape index (κ3) is 2.78. The van der Waals surface area contributed by atoms with Gasteiger partial charge in [-0.2, -0.15) is 5.10 Å². The molecule has 0 saturated carbocycles. The summed E-state index contributed by atoms with van der Waals surface area (Å²) < 4.78 is 1.84. The van der Waals surface area contributed by atoms with Gasteiger partial charge in [0.25, 0.3) is 0 Å². The average molecular weight is 329 g/mol. The molecule has 1 aliphatic rings. The summed E-state index contributed by atoms with van der Waals surface area (Å²) in [5.41, 5.74) is 2.85. The number of anilines is 1. The normalized spacial score (nSPS) is 18.5. The average Bonchev–Trinajstić information content (AvgIpc) is 2.99. The van der Waals surface area contributed by atoms with Gasteiger partial charge in [-0.15, -0.1) is 0 Å². The van der Waals surface area contributed by atoms with Gasteiger partial charge in [-0.25, -0.2) is 9.50 Å². The molecule has 1 atom stereocenters. The fraction of sp³-hybridized carbons (Fsp3) is 0.294. The van der Waals surface area contributed by atoms with Crippen LogP contribution in [0.1, 0.15) is 12.8 Å². The number of β-amino-alcohol motifs (C(OH)–C–C–N with tert-alkyl or cyclic N) is 1. The maximum atomic E-state index is 9.92. The minimum Gasteiger partial charge on any atom is -0.391 e. The van der Waals surface area contributed by atoms with E-state index in [2.05, 4.69) is 15.0 Å². The molecule has 2 aromatic heterocycles. The first kappa shape index (κ1) is 14.5.